The third kappa shape index (κ3) is 3.63. The second-order valence-electron chi connectivity index (χ2n) is 7.48. The predicted octanol–water partition coefficient (Wildman–Crippen LogP) is 5.64. The van der Waals surface area contributed by atoms with E-state index in [1.165, 1.54) is 40.0 Å². The van der Waals surface area contributed by atoms with Crippen molar-refractivity contribution in [2.45, 2.75) is 11.3 Å². The minimum atomic E-state index is 1.10. The van der Waals surface area contributed by atoms with Crippen molar-refractivity contribution in [2.24, 2.45) is 0 Å². The van der Waals surface area contributed by atoms with Gasteiger partial charge >= 0.3 is 0 Å². The van der Waals surface area contributed by atoms with Gasteiger partial charge in [0.05, 0.1) is 5.69 Å². The van der Waals surface area contributed by atoms with E-state index in [4.69, 9.17) is 0 Å². The summed E-state index contributed by atoms with van der Waals surface area (Å²) >= 11 is 5.42. The van der Waals surface area contributed by atoms with Crippen molar-refractivity contribution in [3.63, 3.8) is 0 Å². The van der Waals surface area contributed by atoms with E-state index in [0.29, 0.717) is 0 Å². The third-order valence-electron chi connectivity index (χ3n) is 5.72. The molecule has 1 saturated heterocycles. The van der Waals surface area contributed by atoms with E-state index < -0.39 is 0 Å². The molecule has 3 aromatic rings. The van der Waals surface area contributed by atoms with Crippen molar-refractivity contribution in [3.05, 3.63) is 65.1 Å². The monoisotopic (exact) mass is 453 g/mol. The first-order valence-electron chi connectivity index (χ1n) is 9.98. The molecule has 2 heterocycles. The second kappa shape index (κ2) is 7.97. The molecule has 0 spiro atoms. The van der Waals surface area contributed by atoms with Gasteiger partial charge in [0.1, 0.15) is 0 Å². The van der Waals surface area contributed by atoms with Crippen molar-refractivity contribution < 1.29 is 0 Å². The summed E-state index contributed by atoms with van der Waals surface area (Å²) in [6, 6.07) is 22.0. The van der Waals surface area contributed by atoms with Gasteiger partial charge in [-0.3, -0.25) is 4.90 Å². The van der Waals surface area contributed by atoms with Crippen molar-refractivity contribution in [1.29, 1.82) is 0 Å². The predicted molar refractivity (Wildman–Crippen MR) is 125 cm³/mol. The first kappa shape index (κ1) is 18.3. The van der Waals surface area contributed by atoms with Crippen molar-refractivity contribution in [2.75, 3.05) is 48.5 Å². The Morgan fingerprint density at radius 1 is 0.821 bits per heavy atom. The molecule has 0 aliphatic carbocycles. The van der Waals surface area contributed by atoms with Crippen LogP contribution in [0.5, 0.6) is 0 Å². The zero-order valence-electron chi connectivity index (χ0n) is 15.9. The minimum absolute atomic E-state index is 1.10. The van der Waals surface area contributed by atoms with E-state index in [2.05, 4.69) is 90.7 Å². The van der Waals surface area contributed by atoms with E-state index in [1.807, 2.05) is 11.9 Å². The maximum Gasteiger partial charge on any atom is 0.0563 e. The Bertz CT molecular complexity index is 962. The molecule has 3 aromatic carbocycles. The minimum Gasteiger partial charge on any atom is -0.369 e. The van der Waals surface area contributed by atoms with Gasteiger partial charge in [-0.05, 0) is 66.7 Å². The first-order valence-corrected chi connectivity index (χ1v) is 11.5. The summed E-state index contributed by atoms with van der Waals surface area (Å²) in [5.41, 5.74) is 2.72. The zero-order valence-corrected chi connectivity index (χ0v) is 18.3. The smallest absolute Gasteiger partial charge is 0.0563 e. The van der Waals surface area contributed by atoms with Crippen LogP contribution in [0.4, 0.5) is 11.4 Å². The fraction of sp³-hybridized carbons (Fsp3) is 0.304. The maximum absolute atomic E-state index is 3.52. The lowest BCUT2D eigenvalue weighted by molar-refractivity contribution is 0.256. The Kier molecular flexibility index (Phi) is 5.22. The molecule has 28 heavy (non-hydrogen) atoms. The van der Waals surface area contributed by atoms with Crippen LogP contribution in [0.2, 0.25) is 0 Å². The Morgan fingerprint density at radius 2 is 1.57 bits per heavy atom. The van der Waals surface area contributed by atoms with Crippen LogP contribution in [0.1, 0.15) is 6.42 Å². The molecule has 3 nitrogen and oxygen atoms in total. The van der Waals surface area contributed by atoms with Gasteiger partial charge in [-0.2, -0.15) is 0 Å². The van der Waals surface area contributed by atoms with E-state index >= 15 is 0 Å². The number of halogens is 1. The molecule has 0 amide bonds. The summed E-state index contributed by atoms with van der Waals surface area (Å²) in [7, 11) is 0. The molecule has 5 rings (SSSR count). The van der Waals surface area contributed by atoms with Crippen molar-refractivity contribution >= 4 is 50.0 Å². The molecule has 2 aliphatic heterocycles. The Morgan fingerprint density at radius 3 is 2.36 bits per heavy atom. The van der Waals surface area contributed by atoms with Crippen LogP contribution in [0.3, 0.4) is 0 Å². The van der Waals surface area contributed by atoms with Crippen molar-refractivity contribution in [3.8, 4) is 0 Å². The van der Waals surface area contributed by atoms with Crippen LogP contribution in [0.15, 0.2) is 70.0 Å². The number of nitrogens with zero attached hydrogens (tertiary/aromatic N) is 3. The molecule has 0 radical (unpaired) electrons. The van der Waals surface area contributed by atoms with Crippen LogP contribution in [0, 0.1) is 0 Å². The molecular formula is C23H24BrN3S. The van der Waals surface area contributed by atoms with E-state index in [9.17, 15) is 0 Å². The number of benzene rings is 3. The topological polar surface area (TPSA) is 9.72 Å². The number of anilines is 2. The SMILES string of the molecule is Brc1ccc(N2CCN(CCCN3Sc4cccc5cccc3c45)CC2)cc1. The van der Waals surface area contributed by atoms with Crippen LogP contribution < -0.4 is 9.21 Å². The molecule has 0 bridgehead atoms. The van der Waals surface area contributed by atoms with Gasteiger partial charge in [0.2, 0.25) is 0 Å². The summed E-state index contributed by atoms with van der Waals surface area (Å²) in [5.74, 6) is 0. The lowest BCUT2D eigenvalue weighted by Crippen LogP contribution is -2.46. The molecule has 0 atom stereocenters. The van der Waals surface area contributed by atoms with E-state index in [1.54, 1.807) is 0 Å². The molecule has 0 unspecified atom stereocenters. The molecule has 0 saturated carbocycles. The van der Waals surface area contributed by atoms with Gasteiger partial charge in [-0.1, -0.05) is 40.2 Å². The van der Waals surface area contributed by atoms with Gasteiger partial charge in [0.15, 0.2) is 0 Å². The molecule has 144 valence electrons. The fourth-order valence-electron chi connectivity index (χ4n) is 4.22. The van der Waals surface area contributed by atoms with Crippen LogP contribution >= 0.6 is 27.9 Å². The summed E-state index contributed by atoms with van der Waals surface area (Å²) in [4.78, 5) is 6.51. The Labute approximate surface area is 179 Å². The number of piperazine rings is 1. The van der Waals surface area contributed by atoms with Crippen LogP contribution in [-0.2, 0) is 0 Å². The molecule has 2 aliphatic rings. The van der Waals surface area contributed by atoms with Gasteiger partial charge in [0, 0.05) is 53.2 Å². The maximum atomic E-state index is 3.52. The van der Waals surface area contributed by atoms with Gasteiger partial charge in [0.25, 0.3) is 0 Å². The average molecular weight is 454 g/mol. The van der Waals surface area contributed by atoms with E-state index in [-0.39, 0.29) is 0 Å². The average Bonchev–Trinajstić information content (AvgIpc) is 3.09. The molecule has 0 aromatic heterocycles. The number of hydrogen-bond donors (Lipinski definition) is 0. The highest BCUT2D eigenvalue weighted by atomic mass is 79.9. The quantitative estimate of drug-likeness (QED) is 0.462. The van der Waals surface area contributed by atoms with Crippen LogP contribution in [-0.4, -0.2) is 44.2 Å². The molecule has 5 heteroatoms. The van der Waals surface area contributed by atoms with E-state index in [0.717, 1.165) is 37.2 Å². The molecular weight excluding hydrogens is 430 g/mol. The first-order chi connectivity index (χ1) is 13.8. The van der Waals surface area contributed by atoms with Gasteiger partial charge < -0.3 is 9.21 Å². The molecule has 1 fully saturated rings. The zero-order chi connectivity index (χ0) is 18.9. The lowest BCUT2D eigenvalue weighted by atomic mass is 10.1. The Balaban J connectivity index is 1.13. The summed E-state index contributed by atoms with van der Waals surface area (Å²) in [6.07, 6.45) is 1.20. The molecule has 0 N–H and O–H groups in total. The second-order valence-corrected chi connectivity index (χ2v) is 9.46. The largest absolute Gasteiger partial charge is 0.369 e. The lowest BCUT2D eigenvalue weighted by Gasteiger charge is -2.36. The van der Waals surface area contributed by atoms with Gasteiger partial charge in [-0.15, -0.1) is 0 Å². The highest BCUT2D eigenvalue weighted by Crippen LogP contribution is 2.45. The summed E-state index contributed by atoms with van der Waals surface area (Å²) in [6.45, 7) is 6.82. The van der Waals surface area contributed by atoms with Crippen LogP contribution in [0.25, 0.3) is 10.8 Å². The highest BCUT2D eigenvalue weighted by Gasteiger charge is 2.22. The summed E-state index contributed by atoms with van der Waals surface area (Å²) in [5, 5.41) is 2.78. The normalized spacial score (nSPS) is 16.9. The summed E-state index contributed by atoms with van der Waals surface area (Å²) < 4.78 is 3.63. The number of hydrogen-bond acceptors (Lipinski definition) is 4. The number of rotatable bonds is 5. The standard InChI is InChI=1S/C23H24BrN3S/c24-19-8-10-20(11-9-19)26-16-14-25(15-17-26)12-3-13-27-21-6-1-4-18-5-2-7-22(28-27)23(18)21/h1-2,4-11H,3,12-17H2. The third-order valence-corrected chi connectivity index (χ3v) is 7.39. The highest BCUT2D eigenvalue weighted by molar-refractivity contribution is 9.10. The van der Waals surface area contributed by atoms with Gasteiger partial charge in [-0.25, -0.2) is 0 Å². The fourth-order valence-corrected chi connectivity index (χ4v) is 5.65. The Hall–Kier alpha value is -1.69. The van der Waals surface area contributed by atoms with Crippen molar-refractivity contribution in [1.82, 2.24) is 4.90 Å².